The number of carbonyl (C=O) groups is 3. The van der Waals surface area contributed by atoms with Crippen molar-refractivity contribution >= 4 is 58.5 Å². The minimum Gasteiger partial charge on any atom is -0.487 e. The fourth-order valence-electron chi connectivity index (χ4n) is 3.50. The van der Waals surface area contributed by atoms with Crippen LogP contribution in [0, 0.1) is 10.1 Å². The SMILES string of the molecule is O=C1NC(=O)N(c2cc(C(F)(F)F)ccc2Cl)C(=O)/C1=C\c1ccc(OCc2ccc([N+](=O)[O-])cc2)c(Cl)c1. The van der Waals surface area contributed by atoms with E-state index in [0.29, 0.717) is 22.6 Å². The van der Waals surface area contributed by atoms with Crippen molar-refractivity contribution in [3.8, 4) is 5.75 Å². The Hall–Kier alpha value is -4.42. The largest absolute Gasteiger partial charge is 0.487 e. The molecule has 0 unspecified atom stereocenters. The third-order valence-corrected chi connectivity index (χ3v) is 6.04. The van der Waals surface area contributed by atoms with Gasteiger partial charge in [-0.1, -0.05) is 29.3 Å². The highest BCUT2D eigenvalue weighted by Gasteiger charge is 2.39. The van der Waals surface area contributed by atoms with Gasteiger partial charge in [-0.3, -0.25) is 25.0 Å². The predicted octanol–water partition coefficient (Wildman–Crippen LogP) is 6.17. The average Bonchev–Trinajstić information content (AvgIpc) is 2.86. The van der Waals surface area contributed by atoms with Crippen LogP contribution in [0.4, 0.5) is 29.3 Å². The molecule has 1 N–H and O–H groups in total. The molecule has 0 aromatic heterocycles. The molecule has 39 heavy (non-hydrogen) atoms. The molecule has 200 valence electrons. The number of hydrogen-bond acceptors (Lipinski definition) is 6. The van der Waals surface area contributed by atoms with Gasteiger partial charge in [-0.05, 0) is 59.7 Å². The maximum atomic E-state index is 13.2. The number of amides is 4. The molecule has 3 aromatic rings. The first-order valence-corrected chi connectivity index (χ1v) is 11.5. The molecule has 4 rings (SSSR count). The molecule has 1 fully saturated rings. The van der Waals surface area contributed by atoms with Crippen molar-refractivity contribution in [1.82, 2.24) is 5.32 Å². The minimum atomic E-state index is -4.78. The van der Waals surface area contributed by atoms with Crippen LogP contribution in [0.5, 0.6) is 5.75 Å². The molecule has 0 saturated carbocycles. The summed E-state index contributed by atoms with van der Waals surface area (Å²) in [5, 5.41) is 12.4. The number of carbonyl (C=O) groups excluding carboxylic acids is 3. The second kappa shape index (κ2) is 10.8. The Morgan fingerprint density at radius 3 is 2.28 bits per heavy atom. The first-order chi connectivity index (χ1) is 18.3. The molecule has 1 aliphatic heterocycles. The molecule has 0 aliphatic carbocycles. The summed E-state index contributed by atoms with van der Waals surface area (Å²) in [5.41, 5.74) is -1.47. The molecule has 1 heterocycles. The zero-order valence-electron chi connectivity index (χ0n) is 19.3. The van der Waals surface area contributed by atoms with Gasteiger partial charge in [-0.2, -0.15) is 13.2 Å². The summed E-state index contributed by atoms with van der Waals surface area (Å²) in [6.45, 7) is 0.0356. The fourth-order valence-corrected chi connectivity index (χ4v) is 3.95. The number of hydrogen-bond donors (Lipinski definition) is 1. The van der Waals surface area contributed by atoms with E-state index in [4.69, 9.17) is 27.9 Å². The summed E-state index contributed by atoms with van der Waals surface area (Å²) in [6, 6.07) is 10.8. The lowest BCUT2D eigenvalue weighted by molar-refractivity contribution is -0.384. The summed E-state index contributed by atoms with van der Waals surface area (Å²) >= 11 is 12.2. The van der Waals surface area contributed by atoms with Crippen LogP contribution in [0.1, 0.15) is 16.7 Å². The molecular weight excluding hydrogens is 566 g/mol. The third-order valence-electron chi connectivity index (χ3n) is 5.42. The van der Waals surface area contributed by atoms with Crippen LogP contribution in [0.15, 0.2) is 66.2 Å². The summed E-state index contributed by atoms with van der Waals surface area (Å²) < 4.78 is 45.2. The Labute approximate surface area is 227 Å². The Kier molecular flexibility index (Phi) is 7.61. The van der Waals surface area contributed by atoms with Gasteiger partial charge in [0.15, 0.2) is 0 Å². The molecule has 9 nitrogen and oxygen atoms in total. The summed E-state index contributed by atoms with van der Waals surface area (Å²) in [6.07, 6.45) is -3.67. The van der Waals surface area contributed by atoms with Crippen molar-refractivity contribution < 1.29 is 37.2 Å². The number of ether oxygens (including phenoxy) is 1. The van der Waals surface area contributed by atoms with Gasteiger partial charge >= 0.3 is 12.2 Å². The van der Waals surface area contributed by atoms with E-state index in [0.717, 1.165) is 12.1 Å². The van der Waals surface area contributed by atoms with Crippen molar-refractivity contribution in [1.29, 1.82) is 0 Å². The number of imide groups is 2. The van der Waals surface area contributed by atoms with Gasteiger partial charge in [0.2, 0.25) is 0 Å². The summed E-state index contributed by atoms with van der Waals surface area (Å²) in [7, 11) is 0. The lowest BCUT2D eigenvalue weighted by Gasteiger charge is -2.27. The third kappa shape index (κ3) is 6.02. The van der Waals surface area contributed by atoms with Gasteiger partial charge in [0.05, 0.1) is 26.2 Å². The highest BCUT2D eigenvalue weighted by atomic mass is 35.5. The minimum absolute atomic E-state index is 0.0356. The quantitative estimate of drug-likeness (QED) is 0.161. The van der Waals surface area contributed by atoms with Crippen molar-refractivity contribution in [3.05, 3.63) is 103 Å². The van der Waals surface area contributed by atoms with Gasteiger partial charge in [-0.15, -0.1) is 0 Å². The van der Waals surface area contributed by atoms with E-state index in [1.165, 1.54) is 42.5 Å². The van der Waals surface area contributed by atoms with Crippen LogP contribution >= 0.6 is 23.2 Å². The Morgan fingerprint density at radius 1 is 0.974 bits per heavy atom. The number of benzene rings is 3. The molecule has 14 heteroatoms. The number of non-ortho nitro benzene ring substituents is 1. The highest BCUT2D eigenvalue weighted by Crippen LogP contribution is 2.37. The highest BCUT2D eigenvalue weighted by molar-refractivity contribution is 6.42. The van der Waals surface area contributed by atoms with Crippen LogP contribution in [0.2, 0.25) is 10.0 Å². The van der Waals surface area contributed by atoms with Crippen molar-refractivity contribution in [2.45, 2.75) is 12.8 Å². The number of urea groups is 1. The average molecular weight is 580 g/mol. The molecule has 3 aromatic carbocycles. The first kappa shape index (κ1) is 27.6. The first-order valence-electron chi connectivity index (χ1n) is 10.8. The standard InChI is InChI=1S/C25H14Cl2F3N3O6/c26-18-7-4-15(25(28,29)30)11-20(18)32-23(35)17(22(34)31-24(32)36)9-14-3-8-21(19(27)10-14)39-12-13-1-5-16(6-2-13)33(37)38/h1-11H,12H2,(H,31,34,36)/b17-9-. The molecule has 1 aliphatic rings. The summed E-state index contributed by atoms with van der Waals surface area (Å²) in [4.78, 5) is 48.5. The number of nitrogens with zero attached hydrogens (tertiary/aromatic N) is 2. The van der Waals surface area contributed by atoms with Gasteiger partial charge in [-0.25, -0.2) is 9.69 Å². The smallest absolute Gasteiger partial charge is 0.416 e. The topological polar surface area (TPSA) is 119 Å². The van der Waals surface area contributed by atoms with Crippen LogP contribution in [-0.2, 0) is 22.4 Å². The predicted molar refractivity (Wildman–Crippen MR) is 134 cm³/mol. The number of nitro groups is 1. The number of nitro benzene ring substituents is 1. The van der Waals surface area contributed by atoms with Gasteiger partial charge in [0.25, 0.3) is 17.5 Å². The Balaban J connectivity index is 1.57. The van der Waals surface area contributed by atoms with E-state index >= 15 is 0 Å². The summed E-state index contributed by atoms with van der Waals surface area (Å²) in [5.74, 6) is -2.04. The van der Waals surface area contributed by atoms with Gasteiger partial charge in [0.1, 0.15) is 17.9 Å². The van der Waals surface area contributed by atoms with Crippen LogP contribution in [0.3, 0.4) is 0 Å². The maximum Gasteiger partial charge on any atom is 0.416 e. The Morgan fingerprint density at radius 2 is 1.67 bits per heavy atom. The number of rotatable bonds is 6. The number of nitrogens with one attached hydrogen (secondary N) is 1. The van der Waals surface area contributed by atoms with Gasteiger partial charge in [0, 0.05) is 12.1 Å². The van der Waals surface area contributed by atoms with E-state index in [2.05, 4.69) is 0 Å². The molecule has 0 radical (unpaired) electrons. The van der Waals surface area contributed by atoms with Crippen molar-refractivity contribution in [2.24, 2.45) is 0 Å². The lowest BCUT2D eigenvalue weighted by Crippen LogP contribution is -2.54. The number of barbiturate groups is 1. The zero-order valence-corrected chi connectivity index (χ0v) is 20.8. The van der Waals surface area contributed by atoms with E-state index in [1.807, 2.05) is 5.32 Å². The van der Waals surface area contributed by atoms with Crippen molar-refractivity contribution in [2.75, 3.05) is 4.90 Å². The fraction of sp³-hybridized carbons (Fsp3) is 0.0800. The van der Waals surface area contributed by atoms with E-state index in [1.54, 1.807) is 0 Å². The second-order valence-electron chi connectivity index (χ2n) is 8.02. The number of alkyl halides is 3. The molecule has 0 atom stereocenters. The van der Waals surface area contributed by atoms with Crippen molar-refractivity contribution in [3.63, 3.8) is 0 Å². The molecule has 0 bridgehead atoms. The van der Waals surface area contributed by atoms with E-state index in [9.17, 15) is 37.7 Å². The normalized spacial score (nSPS) is 14.9. The van der Waals surface area contributed by atoms with E-state index in [-0.39, 0.29) is 33.7 Å². The molecule has 0 spiro atoms. The van der Waals surface area contributed by atoms with Gasteiger partial charge < -0.3 is 4.74 Å². The second-order valence-corrected chi connectivity index (χ2v) is 8.84. The number of anilines is 1. The molecular formula is C25H14Cl2F3N3O6. The number of halogens is 5. The zero-order chi connectivity index (χ0) is 28.5. The maximum absolute atomic E-state index is 13.2. The van der Waals surface area contributed by atoms with E-state index < -0.39 is 45.8 Å². The van der Waals surface area contributed by atoms with Crippen LogP contribution in [-0.4, -0.2) is 22.8 Å². The molecule has 4 amide bonds. The van der Waals surface area contributed by atoms with Crippen LogP contribution in [0.25, 0.3) is 6.08 Å². The Bertz CT molecular complexity index is 1540. The monoisotopic (exact) mass is 579 g/mol. The lowest BCUT2D eigenvalue weighted by atomic mass is 10.1. The molecule has 1 saturated heterocycles. The van der Waals surface area contributed by atoms with Crippen LogP contribution < -0.4 is 15.0 Å².